The molecule has 2 atom stereocenters. The molecular weight excluding hydrogens is 311 g/mol. The zero-order valence-electron chi connectivity index (χ0n) is 12.3. The fourth-order valence-corrected chi connectivity index (χ4v) is 2.53. The van der Waals surface area contributed by atoms with E-state index in [0.29, 0.717) is 12.8 Å². The van der Waals surface area contributed by atoms with Crippen LogP contribution in [0.1, 0.15) is 25.7 Å². The lowest BCUT2D eigenvalue weighted by Crippen LogP contribution is -2.49. The van der Waals surface area contributed by atoms with Crippen LogP contribution in [0.3, 0.4) is 0 Å². The first-order valence-electron chi connectivity index (χ1n) is 7.13. The van der Waals surface area contributed by atoms with Crippen LogP contribution in [-0.4, -0.2) is 56.4 Å². The Morgan fingerprint density at radius 2 is 2.05 bits per heavy atom. The van der Waals surface area contributed by atoms with Crippen LogP contribution in [0.15, 0.2) is 0 Å². The molecule has 0 bridgehead atoms. The Kier molecular flexibility index (Phi) is 7.31. The summed E-state index contributed by atoms with van der Waals surface area (Å²) in [4.78, 5) is 12.8. The van der Waals surface area contributed by atoms with Crippen molar-refractivity contribution in [3.8, 4) is 0 Å². The van der Waals surface area contributed by atoms with Crippen LogP contribution in [0, 0.1) is 5.92 Å². The zero-order chi connectivity index (χ0) is 16.8. The van der Waals surface area contributed by atoms with Gasteiger partial charge in [0.2, 0.25) is 0 Å². The standard InChI is InChI=1S/C13H21F5N2O2/c1-22-6-5-20(8-11(14)15)12(21)19-10-4-2-3-9(7-10)13(16,17)18/h9-11H,2-8H2,1H3,(H,19,21)/t9-,10+/m0/s1. The summed E-state index contributed by atoms with van der Waals surface area (Å²) in [5.74, 6) is -1.45. The van der Waals surface area contributed by atoms with Gasteiger partial charge >= 0.3 is 12.2 Å². The van der Waals surface area contributed by atoms with Crippen molar-refractivity contribution < 1.29 is 31.5 Å². The zero-order valence-corrected chi connectivity index (χ0v) is 12.3. The number of halogens is 5. The van der Waals surface area contributed by atoms with E-state index in [1.54, 1.807) is 0 Å². The Morgan fingerprint density at radius 3 is 2.59 bits per heavy atom. The van der Waals surface area contributed by atoms with Crippen LogP contribution < -0.4 is 5.32 Å². The summed E-state index contributed by atoms with van der Waals surface area (Å²) in [6.45, 7) is -0.733. The van der Waals surface area contributed by atoms with Gasteiger partial charge in [-0.25, -0.2) is 13.6 Å². The molecule has 0 aromatic heterocycles. The van der Waals surface area contributed by atoms with Gasteiger partial charge in [-0.1, -0.05) is 6.42 Å². The van der Waals surface area contributed by atoms with Crippen molar-refractivity contribution in [2.75, 3.05) is 26.8 Å². The number of methoxy groups -OCH3 is 1. The van der Waals surface area contributed by atoms with Crippen molar-refractivity contribution in [3.05, 3.63) is 0 Å². The van der Waals surface area contributed by atoms with Crippen LogP contribution in [-0.2, 0) is 4.74 Å². The molecule has 0 spiro atoms. The van der Waals surface area contributed by atoms with Crippen molar-refractivity contribution in [3.63, 3.8) is 0 Å². The van der Waals surface area contributed by atoms with Gasteiger partial charge in [0.15, 0.2) is 0 Å². The first-order chi connectivity index (χ1) is 10.2. The second-order valence-corrected chi connectivity index (χ2v) is 5.38. The lowest BCUT2D eigenvalue weighted by atomic mass is 9.85. The third-order valence-electron chi connectivity index (χ3n) is 3.68. The largest absolute Gasteiger partial charge is 0.391 e. The van der Waals surface area contributed by atoms with Gasteiger partial charge in [-0.3, -0.25) is 0 Å². The number of carbonyl (C=O) groups excluding carboxylic acids is 1. The molecule has 4 nitrogen and oxygen atoms in total. The molecule has 0 radical (unpaired) electrons. The molecule has 1 saturated carbocycles. The Bertz CT molecular complexity index is 352. The van der Waals surface area contributed by atoms with Crippen LogP contribution in [0.2, 0.25) is 0 Å². The van der Waals surface area contributed by atoms with Gasteiger partial charge in [-0.05, 0) is 19.3 Å². The predicted octanol–water partition coefficient (Wildman–Crippen LogP) is 3.03. The minimum atomic E-state index is -4.29. The van der Waals surface area contributed by atoms with Crippen molar-refractivity contribution in [2.45, 2.75) is 44.3 Å². The summed E-state index contributed by atoms with van der Waals surface area (Å²) in [5, 5.41) is 2.43. The number of amides is 2. The van der Waals surface area contributed by atoms with Crippen LogP contribution in [0.5, 0.6) is 0 Å². The molecule has 0 aliphatic heterocycles. The number of hydrogen-bond acceptors (Lipinski definition) is 2. The number of nitrogens with one attached hydrogen (secondary N) is 1. The maximum Gasteiger partial charge on any atom is 0.391 e. The van der Waals surface area contributed by atoms with E-state index >= 15 is 0 Å². The van der Waals surface area contributed by atoms with E-state index in [-0.39, 0.29) is 26.0 Å². The highest BCUT2D eigenvalue weighted by molar-refractivity contribution is 5.74. The topological polar surface area (TPSA) is 41.6 Å². The van der Waals surface area contributed by atoms with Crippen molar-refractivity contribution in [2.24, 2.45) is 5.92 Å². The Labute approximate surface area is 126 Å². The number of urea groups is 1. The summed E-state index contributed by atoms with van der Waals surface area (Å²) in [6, 6.07) is -1.42. The Morgan fingerprint density at radius 1 is 1.36 bits per heavy atom. The number of rotatable bonds is 6. The van der Waals surface area contributed by atoms with Gasteiger partial charge in [0.1, 0.15) is 0 Å². The van der Waals surface area contributed by atoms with Crippen molar-refractivity contribution in [1.29, 1.82) is 0 Å². The molecule has 0 aromatic carbocycles. The highest BCUT2D eigenvalue weighted by atomic mass is 19.4. The smallest absolute Gasteiger partial charge is 0.383 e. The normalized spacial score (nSPS) is 22.7. The fourth-order valence-electron chi connectivity index (χ4n) is 2.53. The first-order valence-corrected chi connectivity index (χ1v) is 7.13. The van der Waals surface area contributed by atoms with Crippen LogP contribution in [0.25, 0.3) is 0 Å². The molecule has 22 heavy (non-hydrogen) atoms. The summed E-state index contributed by atoms with van der Waals surface area (Å²) in [5.41, 5.74) is 0. The average Bonchev–Trinajstić information content (AvgIpc) is 2.42. The second-order valence-electron chi connectivity index (χ2n) is 5.38. The Balaban J connectivity index is 2.56. The molecule has 1 rings (SSSR count). The molecule has 1 aliphatic rings. The molecule has 2 amide bonds. The SMILES string of the molecule is COCCN(CC(F)F)C(=O)N[C@@H]1CCC[C@H](C(F)(F)F)C1. The monoisotopic (exact) mass is 332 g/mol. The molecule has 0 unspecified atom stereocenters. The van der Waals surface area contributed by atoms with Crippen molar-refractivity contribution >= 4 is 6.03 Å². The summed E-state index contributed by atoms with van der Waals surface area (Å²) < 4.78 is 67.8. The van der Waals surface area contributed by atoms with Gasteiger partial charge in [-0.2, -0.15) is 13.2 Å². The lowest BCUT2D eigenvalue weighted by Gasteiger charge is -2.32. The van der Waals surface area contributed by atoms with Crippen LogP contribution >= 0.6 is 0 Å². The molecule has 0 aromatic rings. The molecule has 0 saturated heterocycles. The summed E-state index contributed by atoms with van der Waals surface area (Å²) >= 11 is 0. The van der Waals surface area contributed by atoms with E-state index in [1.165, 1.54) is 7.11 Å². The second kappa shape index (κ2) is 8.50. The van der Waals surface area contributed by atoms with E-state index in [4.69, 9.17) is 4.74 Å². The molecule has 0 heterocycles. The maximum absolute atomic E-state index is 12.7. The van der Waals surface area contributed by atoms with Gasteiger partial charge in [0.05, 0.1) is 19.1 Å². The van der Waals surface area contributed by atoms with E-state index in [2.05, 4.69) is 5.32 Å². The van der Waals surface area contributed by atoms with Gasteiger partial charge in [0, 0.05) is 19.7 Å². The average molecular weight is 332 g/mol. The predicted molar refractivity (Wildman–Crippen MR) is 69.8 cm³/mol. The third kappa shape index (κ3) is 6.33. The summed E-state index contributed by atoms with van der Waals surface area (Å²) in [7, 11) is 1.37. The van der Waals surface area contributed by atoms with E-state index in [1.807, 2.05) is 0 Å². The van der Waals surface area contributed by atoms with Gasteiger partial charge in [-0.15, -0.1) is 0 Å². The van der Waals surface area contributed by atoms with E-state index in [0.717, 1.165) is 4.90 Å². The number of nitrogens with zero attached hydrogens (tertiary/aromatic N) is 1. The number of alkyl halides is 5. The molecular formula is C13H21F5N2O2. The minimum Gasteiger partial charge on any atom is -0.383 e. The summed E-state index contributed by atoms with van der Waals surface area (Å²) in [6.07, 6.45) is -6.39. The quantitative estimate of drug-likeness (QED) is 0.760. The highest BCUT2D eigenvalue weighted by Crippen LogP contribution is 2.37. The molecule has 9 heteroatoms. The number of ether oxygens (including phenoxy) is 1. The van der Waals surface area contributed by atoms with E-state index in [9.17, 15) is 26.7 Å². The molecule has 1 N–H and O–H groups in total. The fraction of sp³-hybridized carbons (Fsp3) is 0.923. The minimum absolute atomic E-state index is 0.0396. The molecule has 130 valence electrons. The van der Waals surface area contributed by atoms with Crippen LogP contribution in [0.4, 0.5) is 26.7 Å². The Hall–Kier alpha value is -1.12. The van der Waals surface area contributed by atoms with E-state index < -0.39 is 37.1 Å². The first kappa shape index (κ1) is 18.9. The van der Waals surface area contributed by atoms with Crippen molar-refractivity contribution in [1.82, 2.24) is 10.2 Å². The number of hydrogen-bond donors (Lipinski definition) is 1. The van der Waals surface area contributed by atoms with Gasteiger partial charge < -0.3 is 15.0 Å². The third-order valence-corrected chi connectivity index (χ3v) is 3.68. The van der Waals surface area contributed by atoms with Gasteiger partial charge in [0.25, 0.3) is 6.43 Å². The highest BCUT2D eigenvalue weighted by Gasteiger charge is 2.42. The maximum atomic E-state index is 12.7. The molecule has 1 fully saturated rings. The lowest BCUT2D eigenvalue weighted by molar-refractivity contribution is -0.183. The molecule has 1 aliphatic carbocycles. The number of carbonyl (C=O) groups is 1.